The van der Waals surface area contributed by atoms with Gasteiger partial charge in [0, 0.05) is 30.4 Å². The van der Waals surface area contributed by atoms with Crippen LogP contribution in [0.5, 0.6) is 5.75 Å². The van der Waals surface area contributed by atoms with E-state index in [9.17, 15) is 4.79 Å². The molecule has 0 aliphatic carbocycles. The Labute approximate surface area is 113 Å². The lowest BCUT2D eigenvalue weighted by molar-refractivity contribution is 0.0821. The fourth-order valence-corrected chi connectivity index (χ4v) is 3.44. The summed E-state index contributed by atoms with van der Waals surface area (Å²) < 4.78 is 5.27. The SMILES string of the molecule is COc1ccncc1C(=O)C1CC2CCCC(C1)N2. The van der Waals surface area contributed by atoms with Crippen LogP contribution in [0.3, 0.4) is 0 Å². The largest absolute Gasteiger partial charge is 0.496 e. The molecule has 3 heterocycles. The summed E-state index contributed by atoms with van der Waals surface area (Å²) in [7, 11) is 1.60. The molecule has 2 bridgehead atoms. The van der Waals surface area contributed by atoms with Crippen molar-refractivity contribution in [1.82, 2.24) is 10.3 Å². The zero-order valence-corrected chi connectivity index (χ0v) is 11.3. The van der Waals surface area contributed by atoms with Crippen LogP contribution in [0.1, 0.15) is 42.5 Å². The van der Waals surface area contributed by atoms with Gasteiger partial charge in [0.05, 0.1) is 12.7 Å². The molecule has 0 amide bonds. The molecule has 1 aromatic heterocycles. The standard InChI is InChI=1S/C15H20N2O2/c1-19-14-5-6-16-9-13(14)15(18)10-7-11-3-2-4-12(8-10)17-11/h5-6,9-12,17H,2-4,7-8H2,1H3. The number of hydrogen-bond acceptors (Lipinski definition) is 4. The van der Waals surface area contributed by atoms with E-state index in [0.29, 0.717) is 23.4 Å². The smallest absolute Gasteiger partial charge is 0.171 e. The minimum atomic E-state index is 0.120. The molecule has 2 fully saturated rings. The Morgan fingerprint density at radius 2 is 2.11 bits per heavy atom. The molecule has 0 radical (unpaired) electrons. The van der Waals surface area contributed by atoms with E-state index in [1.165, 1.54) is 19.3 Å². The molecule has 19 heavy (non-hydrogen) atoms. The Kier molecular flexibility index (Phi) is 3.51. The summed E-state index contributed by atoms with van der Waals surface area (Å²) in [6.07, 6.45) is 8.89. The number of Topliss-reactive ketones (excluding diaryl/α,β-unsaturated/α-hetero) is 1. The topological polar surface area (TPSA) is 51.2 Å². The first-order valence-electron chi connectivity index (χ1n) is 7.06. The molecule has 4 heteroatoms. The van der Waals surface area contributed by atoms with E-state index in [4.69, 9.17) is 4.74 Å². The second kappa shape index (κ2) is 5.29. The number of methoxy groups -OCH3 is 1. The van der Waals surface area contributed by atoms with E-state index < -0.39 is 0 Å². The Balaban J connectivity index is 1.80. The molecule has 2 atom stereocenters. The number of fused-ring (bicyclic) bond motifs is 2. The van der Waals surface area contributed by atoms with E-state index in [1.54, 1.807) is 25.6 Å². The summed E-state index contributed by atoms with van der Waals surface area (Å²) in [6, 6.07) is 2.79. The average molecular weight is 260 g/mol. The molecule has 2 unspecified atom stereocenters. The highest BCUT2D eigenvalue weighted by Crippen LogP contribution is 2.33. The highest BCUT2D eigenvalue weighted by atomic mass is 16.5. The molecule has 0 aromatic carbocycles. The summed E-state index contributed by atoms with van der Waals surface area (Å²) in [4.78, 5) is 16.7. The van der Waals surface area contributed by atoms with Crippen LogP contribution >= 0.6 is 0 Å². The molecule has 1 N–H and O–H groups in total. The third-order valence-electron chi connectivity index (χ3n) is 4.35. The minimum absolute atomic E-state index is 0.120. The molecule has 2 saturated heterocycles. The summed E-state index contributed by atoms with van der Waals surface area (Å²) in [6.45, 7) is 0. The maximum atomic E-state index is 12.7. The fraction of sp³-hybridized carbons (Fsp3) is 0.600. The molecular weight excluding hydrogens is 240 g/mol. The van der Waals surface area contributed by atoms with Gasteiger partial charge >= 0.3 is 0 Å². The number of aromatic nitrogens is 1. The Morgan fingerprint density at radius 3 is 2.79 bits per heavy atom. The lowest BCUT2D eigenvalue weighted by Crippen LogP contribution is -2.50. The van der Waals surface area contributed by atoms with Crippen LogP contribution in [0, 0.1) is 5.92 Å². The lowest BCUT2D eigenvalue weighted by atomic mass is 9.77. The number of carbonyl (C=O) groups excluding carboxylic acids is 1. The van der Waals surface area contributed by atoms with Crippen molar-refractivity contribution < 1.29 is 9.53 Å². The van der Waals surface area contributed by atoms with Gasteiger partial charge in [0.1, 0.15) is 5.75 Å². The quantitative estimate of drug-likeness (QED) is 0.846. The van der Waals surface area contributed by atoms with Crippen molar-refractivity contribution in [3.63, 3.8) is 0 Å². The van der Waals surface area contributed by atoms with Crippen molar-refractivity contribution in [2.45, 2.75) is 44.2 Å². The number of rotatable bonds is 3. The normalized spacial score (nSPS) is 29.8. The van der Waals surface area contributed by atoms with Crippen LogP contribution in [0.15, 0.2) is 18.5 Å². The Morgan fingerprint density at radius 1 is 1.37 bits per heavy atom. The highest BCUT2D eigenvalue weighted by molar-refractivity contribution is 6.00. The number of nitrogens with zero attached hydrogens (tertiary/aromatic N) is 1. The Hall–Kier alpha value is -1.42. The number of piperidine rings is 2. The van der Waals surface area contributed by atoms with Crippen LogP contribution in [0.2, 0.25) is 0 Å². The van der Waals surface area contributed by atoms with Gasteiger partial charge < -0.3 is 10.1 Å². The van der Waals surface area contributed by atoms with Gasteiger partial charge in [0.25, 0.3) is 0 Å². The second-order valence-electron chi connectivity index (χ2n) is 5.60. The van der Waals surface area contributed by atoms with Gasteiger partial charge in [-0.15, -0.1) is 0 Å². The second-order valence-corrected chi connectivity index (χ2v) is 5.60. The van der Waals surface area contributed by atoms with E-state index in [2.05, 4.69) is 10.3 Å². The van der Waals surface area contributed by atoms with Crippen molar-refractivity contribution in [3.05, 3.63) is 24.0 Å². The molecule has 0 spiro atoms. The molecule has 0 saturated carbocycles. The number of nitrogens with one attached hydrogen (secondary N) is 1. The van der Waals surface area contributed by atoms with Gasteiger partial charge in [0.15, 0.2) is 5.78 Å². The summed E-state index contributed by atoms with van der Waals surface area (Å²) in [5.41, 5.74) is 0.634. The zero-order chi connectivity index (χ0) is 13.2. The molecule has 1 aromatic rings. The van der Waals surface area contributed by atoms with Gasteiger partial charge in [-0.2, -0.15) is 0 Å². The third kappa shape index (κ3) is 2.50. The molecule has 3 rings (SSSR count). The number of carbonyl (C=O) groups is 1. The van der Waals surface area contributed by atoms with E-state index in [-0.39, 0.29) is 11.7 Å². The maximum Gasteiger partial charge on any atom is 0.171 e. The number of pyridine rings is 1. The minimum Gasteiger partial charge on any atom is -0.496 e. The zero-order valence-electron chi connectivity index (χ0n) is 11.3. The molecule has 2 aliphatic rings. The molecule has 102 valence electrons. The molecule has 4 nitrogen and oxygen atoms in total. The van der Waals surface area contributed by atoms with Gasteiger partial charge in [-0.3, -0.25) is 9.78 Å². The molecular formula is C15H20N2O2. The third-order valence-corrected chi connectivity index (χ3v) is 4.35. The van der Waals surface area contributed by atoms with Crippen molar-refractivity contribution >= 4 is 5.78 Å². The van der Waals surface area contributed by atoms with Gasteiger partial charge in [-0.25, -0.2) is 0 Å². The number of hydrogen-bond donors (Lipinski definition) is 1. The first kappa shape index (κ1) is 12.6. The predicted molar refractivity (Wildman–Crippen MR) is 72.4 cm³/mol. The van der Waals surface area contributed by atoms with Crippen molar-refractivity contribution in [2.75, 3.05) is 7.11 Å². The van der Waals surface area contributed by atoms with Crippen LogP contribution < -0.4 is 10.1 Å². The van der Waals surface area contributed by atoms with Crippen LogP contribution in [0.25, 0.3) is 0 Å². The average Bonchev–Trinajstić information content (AvgIpc) is 2.46. The number of ketones is 1. The van der Waals surface area contributed by atoms with Crippen molar-refractivity contribution in [2.24, 2.45) is 5.92 Å². The van der Waals surface area contributed by atoms with E-state index in [0.717, 1.165) is 12.8 Å². The van der Waals surface area contributed by atoms with Gasteiger partial charge in [-0.05, 0) is 31.7 Å². The van der Waals surface area contributed by atoms with Gasteiger partial charge in [0.2, 0.25) is 0 Å². The maximum absolute atomic E-state index is 12.7. The summed E-state index contributed by atoms with van der Waals surface area (Å²) in [5, 5.41) is 3.62. The van der Waals surface area contributed by atoms with Gasteiger partial charge in [-0.1, -0.05) is 6.42 Å². The molecule has 2 aliphatic heterocycles. The lowest BCUT2D eigenvalue weighted by Gasteiger charge is -2.39. The summed E-state index contributed by atoms with van der Waals surface area (Å²) in [5.74, 6) is 0.960. The summed E-state index contributed by atoms with van der Waals surface area (Å²) >= 11 is 0. The Bertz CT molecular complexity index is 463. The first-order chi connectivity index (χ1) is 9.28. The number of ether oxygens (including phenoxy) is 1. The van der Waals surface area contributed by atoms with Crippen molar-refractivity contribution in [3.8, 4) is 5.75 Å². The van der Waals surface area contributed by atoms with Crippen LogP contribution in [0.4, 0.5) is 0 Å². The predicted octanol–water partition coefficient (Wildman–Crippen LogP) is 2.19. The van der Waals surface area contributed by atoms with Crippen LogP contribution in [-0.2, 0) is 0 Å². The monoisotopic (exact) mass is 260 g/mol. The van der Waals surface area contributed by atoms with E-state index in [1.807, 2.05) is 0 Å². The van der Waals surface area contributed by atoms with Crippen molar-refractivity contribution in [1.29, 1.82) is 0 Å². The fourth-order valence-electron chi connectivity index (χ4n) is 3.44. The first-order valence-corrected chi connectivity index (χ1v) is 7.06. The van der Waals surface area contributed by atoms with E-state index >= 15 is 0 Å². The van der Waals surface area contributed by atoms with Crippen LogP contribution in [-0.4, -0.2) is 30.0 Å². The highest BCUT2D eigenvalue weighted by Gasteiger charge is 2.35.